The molecule has 1 saturated heterocycles. The number of phenols is 1. The van der Waals surface area contributed by atoms with Crippen LogP contribution < -0.4 is 10.1 Å². The average molecular weight is 588 g/mol. The monoisotopic (exact) mass is 587 g/mol. The van der Waals surface area contributed by atoms with Gasteiger partial charge in [0.25, 0.3) is 0 Å². The van der Waals surface area contributed by atoms with Crippen LogP contribution in [0.2, 0.25) is 0 Å². The molecule has 228 valence electrons. The summed E-state index contributed by atoms with van der Waals surface area (Å²) in [6, 6.07) is 2.15. The number of allylic oxidation sites excluding steroid dienone is 3. The topological polar surface area (TPSA) is 203 Å². The van der Waals surface area contributed by atoms with E-state index in [0.29, 0.717) is 5.92 Å². The van der Waals surface area contributed by atoms with Gasteiger partial charge in [0.05, 0.1) is 6.61 Å². The van der Waals surface area contributed by atoms with Gasteiger partial charge in [0.15, 0.2) is 11.5 Å². The summed E-state index contributed by atoms with van der Waals surface area (Å²) >= 11 is 0. The number of hydrogen-bond donors (Lipinski definition) is 7. The minimum absolute atomic E-state index is 0.0494. The number of aromatic carboxylic acids is 1. The van der Waals surface area contributed by atoms with Gasteiger partial charge in [-0.25, -0.2) is 4.79 Å². The molecule has 42 heavy (non-hydrogen) atoms. The Balaban J connectivity index is 1.36. The number of rotatable bonds is 8. The van der Waals surface area contributed by atoms with E-state index >= 15 is 0 Å². The summed E-state index contributed by atoms with van der Waals surface area (Å²) in [6.45, 7) is 5.43. The van der Waals surface area contributed by atoms with E-state index in [1.165, 1.54) is 5.57 Å². The number of fused-ring (bicyclic) bond motifs is 2. The van der Waals surface area contributed by atoms with Gasteiger partial charge < -0.3 is 45.4 Å². The molecular weight excluding hydrogens is 550 g/mol. The number of carboxylic acid groups (broad SMARTS) is 1. The zero-order chi connectivity index (χ0) is 30.6. The lowest BCUT2D eigenvalue weighted by Crippen LogP contribution is -2.60. The first-order valence-corrected chi connectivity index (χ1v) is 14.1. The maximum atomic E-state index is 13.3. The molecule has 1 aromatic carbocycles. The van der Waals surface area contributed by atoms with Crippen molar-refractivity contribution in [2.24, 2.45) is 22.7 Å². The third kappa shape index (κ3) is 5.01. The number of carboxylic acids is 1. The van der Waals surface area contributed by atoms with Crippen molar-refractivity contribution in [1.82, 2.24) is 0 Å². The lowest BCUT2D eigenvalue weighted by molar-refractivity contribution is -0.277. The van der Waals surface area contributed by atoms with Gasteiger partial charge in [-0.15, -0.1) is 0 Å². The molecule has 9 atom stereocenters. The third-order valence-corrected chi connectivity index (χ3v) is 9.80. The second-order valence-corrected chi connectivity index (χ2v) is 12.2. The molecule has 4 fully saturated rings. The van der Waals surface area contributed by atoms with Gasteiger partial charge in [-0.1, -0.05) is 25.2 Å². The van der Waals surface area contributed by atoms with Crippen molar-refractivity contribution in [3.8, 4) is 11.5 Å². The summed E-state index contributed by atoms with van der Waals surface area (Å²) in [4.78, 5) is 38.2. The van der Waals surface area contributed by atoms with Gasteiger partial charge in [-0.2, -0.15) is 0 Å². The molecule has 5 aliphatic rings. The number of aliphatic hydroxyl groups is 4. The number of benzene rings is 1. The second-order valence-electron chi connectivity index (χ2n) is 12.2. The Morgan fingerprint density at radius 2 is 1.93 bits per heavy atom. The molecule has 0 aromatic heterocycles. The van der Waals surface area contributed by atoms with Crippen LogP contribution in [0.3, 0.4) is 0 Å². The molecule has 1 amide bonds. The highest BCUT2D eigenvalue weighted by Crippen LogP contribution is 2.64. The molecule has 7 N–H and O–H groups in total. The number of aromatic hydroxyl groups is 1. The maximum absolute atomic E-state index is 13.3. The Kier molecular flexibility index (Phi) is 7.96. The standard InChI is InChI=1S/C30H37NO11/c1-14-12-30-9-5-15(14)11-19(30)29(2,20(33)6-10-30)8-7-21(34)31-22-17(4-3-16(23(22)35)27(39)40)41-28-26(38)25(37)24(36)18(13-32)42-28/h3-4,6,10,15,18-19,24-26,28,32,35-38H,1,5,7-9,11-13H2,2H3,(H,31,34)(H,39,40)/t15?,18-,19?,24-,25+,26-,28-,29+,30?/m1/s1. The van der Waals surface area contributed by atoms with Gasteiger partial charge in [0, 0.05) is 11.8 Å². The predicted molar refractivity (Wildman–Crippen MR) is 147 cm³/mol. The molecule has 6 rings (SSSR count). The normalized spacial score (nSPS) is 37.3. The Labute approximate surface area is 242 Å². The highest BCUT2D eigenvalue weighted by molar-refractivity contribution is 6.00. The molecule has 12 nitrogen and oxygen atoms in total. The highest BCUT2D eigenvalue weighted by Gasteiger charge is 2.58. The van der Waals surface area contributed by atoms with E-state index in [4.69, 9.17) is 9.47 Å². The van der Waals surface area contributed by atoms with E-state index in [2.05, 4.69) is 11.9 Å². The molecule has 1 heterocycles. The first kappa shape index (κ1) is 30.2. The number of hydrogen-bond acceptors (Lipinski definition) is 10. The molecule has 1 aliphatic heterocycles. The molecule has 2 bridgehead atoms. The summed E-state index contributed by atoms with van der Waals surface area (Å²) in [7, 11) is 0. The predicted octanol–water partition coefficient (Wildman–Crippen LogP) is 1.50. The van der Waals surface area contributed by atoms with Crippen LogP contribution in [0.25, 0.3) is 0 Å². The number of carbonyl (C=O) groups excluding carboxylic acids is 2. The van der Waals surface area contributed by atoms with Crippen LogP contribution in [-0.2, 0) is 14.3 Å². The molecule has 12 heteroatoms. The molecule has 4 aliphatic carbocycles. The van der Waals surface area contributed by atoms with Crippen LogP contribution in [0.1, 0.15) is 55.8 Å². The van der Waals surface area contributed by atoms with Gasteiger partial charge in [-0.05, 0) is 67.6 Å². The number of amides is 1. The average Bonchev–Trinajstić information content (AvgIpc) is 2.96. The zero-order valence-electron chi connectivity index (χ0n) is 23.2. The van der Waals surface area contributed by atoms with Crippen molar-refractivity contribution >= 4 is 23.3 Å². The fourth-order valence-corrected chi connectivity index (χ4v) is 7.29. The fourth-order valence-electron chi connectivity index (χ4n) is 7.29. The minimum atomic E-state index is -1.79. The molecule has 3 saturated carbocycles. The van der Waals surface area contributed by atoms with Crippen LogP contribution in [0, 0.1) is 22.7 Å². The van der Waals surface area contributed by atoms with Crippen LogP contribution in [0.15, 0.2) is 36.4 Å². The quantitative estimate of drug-likeness (QED) is 0.171. The Morgan fingerprint density at radius 3 is 2.60 bits per heavy atom. The number of anilines is 1. The van der Waals surface area contributed by atoms with Crippen LogP contribution in [-0.4, -0.2) is 85.6 Å². The summed E-state index contributed by atoms with van der Waals surface area (Å²) in [6.07, 6.45) is -0.710. The van der Waals surface area contributed by atoms with Crippen molar-refractivity contribution in [2.45, 2.75) is 76.2 Å². The first-order chi connectivity index (χ1) is 19.8. The Bertz CT molecular complexity index is 1320. The van der Waals surface area contributed by atoms with E-state index in [1.807, 2.05) is 13.0 Å². The van der Waals surface area contributed by atoms with Crippen molar-refractivity contribution in [3.05, 3.63) is 42.0 Å². The number of ether oxygens (including phenoxy) is 2. The number of ketones is 1. The summed E-state index contributed by atoms with van der Waals surface area (Å²) < 4.78 is 11.0. The summed E-state index contributed by atoms with van der Waals surface area (Å²) in [5, 5.41) is 62.7. The number of carbonyl (C=O) groups is 3. The van der Waals surface area contributed by atoms with Crippen molar-refractivity contribution in [3.63, 3.8) is 0 Å². The van der Waals surface area contributed by atoms with E-state index in [9.17, 15) is 45.0 Å². The van der Waals surface area contributed by atoms with E-state index < -0.39 is 71.6 Å². The summed E-state index contributed by atoms with van der Waals surface area (Å²) in [5.74, 6) is -2.85. The largest absolute Gasteiger partial charge is 0.505 e. The lowest BCUT2D eigenvalue weighted by atomic mass is 9.44. The van der Waals surface area contributed by atoms with E-state index in [0.717, 1.165) is 37.8 Å². The van der Waals surface area contributed by atoms with Gasteiger partial charge in [-0.3, -0.25) is 9.59 Å². The maximum Gasteiger partial charge on any atom is 0.339 e. The van der Waals surface area contributed by atoms with Crippen molar-refractivity contribution in [1.29, 1.82) is 0 Å². The number of aliphatic hydroxyl groups excluding tert-OH is 4. The zero-order valence-corrected chi connectivity index (χ0v) is 23.2. The highest BCUT2D eigenvalue weighted by atomic mass is 16.7. The second kappa shape index (κ2) is 11.1. The third-order valence-electron chi connectivity index (χ3n) is 9.80. The first-order valence-electron chi connectivity index (χ1n) is 14.1. The summed E-state index contributed by atoms with van der Waals surface area (Å²) in [5.41, 5.74) is -0.706. The number of nitrogens with one attached hydrogen (secondary N) is 1. The fraction of sp³-hybridized carbons (Fsp3) is 0.567. The Morgan fingerprint density at radius 1 is 1.19 bits per heavy atom. The molecule has 0 radical (unpaired) electrons. The van der Waals surface area contributed by atoms with Crippen LogP contribution in [0.4, 0.5) is 5.69 Å². The van der Waals surface area contributed by atoms with Crippen molar-refractivity contribution in [2.75, 3.05) is 11.9 Å². The Hall–Kier alpha value is -3.29. The smallest absolute Gasteiger partial charge is 0.339 e. The van der Waals surface area contributed by atoms with Gasteiger partial charge in [0.2, 0.25) is 12.2 Å². The molecule has 1 aromatic rings. The van der Waals surface area contributed by atoms with E-state index in [1.54, 1.807) is 6.08 Å². The molecule has 1 spiro atoms. The SMILES string of the molecule is C=C1CC23C=CC(=O)[C@@](C)(CCC(=O)Nc4c(O[C@@H]5O[C@H](CO)[C@@H](O)[C@H](O)[C@H]5O)ccc(C(=O)O)c4O)C2CC1CC3. The lowest BCUT2D eigenvalue weighted by Gasteiger charge is -2.59. The minimum Gasteiger partial charge on any atom is -0.505 e. The van der Waals surface area contributed by atoms with Crippen LogP contribution >= 0.6 is 0 Å². The van der Waals surface area contributed by atoms with Gasteiger partial charge in [0.1, 0.15) is 41.4 Å². The molecular formula is C30H37NO11. The van der Waals surface area contributed by atoms with Gasteiger partial charge >= 0.3 is 5.97 Å². The van der Waals surface area contributed by atoms with Crippen molar-refractivity contribution < 1.29 is 54.5 Å². The molecule has 3 unspecified atom stereocenters. The van der Waals surface area contributed by atoms with Crippen LogP contribution in [0.5, 0.6) is 11.5 Å². The van der Waals surface area contributed by atoms with E-state index in [-0.39, 0.29) is 35.7 Å².